The summed E-state index contributed by atoms with van der Waals surface area (Å²) in [6.07, 6.45) is 0.601. The fraction of sp³-hybridized carbons (Fsp3) is 1.00. The second-order valence-electron chi connectivity index (χ2n) is 9.30. The zero-order valence-corrected chi connectivity index (χ0v) is 15.8. The SMILES string of the molecule is CC(C)(C)N1CCN(CC2CCN(C(C)(C)C)CC2(F)F)CC1. The number of rotatable bonds is 2. The minimum absolute atomic E-state index is 0.0941. The number of alkyl halides is 2. The van der Waals surface area contributed by atoms with Crippen molar-refractivity contribution in [3.8, 4) is 0 Å². The number of piperidine rings is 1. The standard InChI is InChI=1S/C18H35F2N3/c1-16(2,3)22-11-9-21(10-12-22)13-15-7-8-23(17(4,5)6)14-18(15,19)20/h15H,7-14H2,1-6H3. The van der Waals surface area contributed by atoms with Crippen LogP contribution in [0.1, 0.15) is 48.0 Å². The second kappa shape index (κ2) is 6.57. The van der Waals surface area contributed by atoms with Gasteiger partial charge in [-0.1, -0.05) is 0 Å². The summed E-state index contributed by atoms with van der Waals surface area (Å²) in [4.78, 5) is 6.62. The van der Waals surface area contributed by atoms with E-state index in [2.05, 4.69) is 30.6 Å². The number of likely N-dealkylation sites (tertiary alicyclic amines) is 1. The van der Waals surface area contributed by atoms with E-state index in [1.165, 1.54) is 0 Å². The van der Waals surface area contributed by atoms with Gasteiger partial charge in [0.25, 0.3) is 5.92 Å². The van der Waals surface area contributed by atoms with Crippen LogP contribution in [0.5, 0.6) is 0 Å². The lowest BCUT2D eigenvalue weighted by Gasteiger charge is -2.47. The first-order chi connectivity index (χ1) is 10.4. The number of nitrogens with zero attached hydrogens (tertiary/aromatic N) is 3. The molecule has 0 saturated carbocycles. The molecular weight excluding hydrogens is 296 g/mol. The summed E-state index contributed by atoms with van der Waals surface area (Å²) < 4.78 is 29.2. The van der Waals surface area contributed by atoms with Crippen molar-refractivity contribution in [2.45, 2.75) is 65.0 Å². The lowest BCUT2D eigenvalue weighted by Crippen LogP contribution is -2.59. The highest BCUT2D eigenvalue weighted by molar-refractivity contribution is 4.93. The molecular formula is C18H35F2N3. The van der Waals surface area contributed by atoms with E-state index in [4.69, 9.17) is 0 Å². The molecule has 5 heteroatoms. The Morgan fingerprint density at radius 2 is 1.35 bits per heavy atom. The zero-order valence-electron chi connectivity index (χ0n) is 15.8. The predicted octanol–water partition coefficient (Wildman–Crippen LogP) is 3.16. The van der Waals surface area contributed by atoms with Gasteiger partial charge in [0, 0.05) is 49.7 Å². The van der Waals surface area contributed by atoms with Crippen LogP contribution in [-0.4, -0.2) is 77.5 Å². The molecule has 0 aliphatic carbocycles. The topological polar surface area (TPSA) is 9.72 Å². The summed E-state index contributed by atoms with van der Waals surface area (Å²) in [6.45, 7) is 17.7. The Hall–Kier alpha value is -0.260. The molecule has 1 atom stereocenters. The van der Waals surface area contributed by atoms with E-state index in [9.17, 15) is 8.78 Å². The summed E-state index contributed by atoms with van der Waals surface area (Å²) in [7, 11) is 0. The molecule has 23 heavy (non-hydrogen) atoms. The molecule has 2 fully saturated rings. The highest BCUT2D eigenvalue weighted by atomic mass is 19.3. The summed E-state index contributed by atoms with van der Waals surface area (Å²) in [6, 6.07) is 0. The molecule has 0 amide bonds. The van der Waals surface area contributed by atoms with Gasteiger partial charge in [-0.3, -0.25) is 9.80 Å². The maximum Gasteiger partial charge on any atom is 0.264 e. The van der Waals surface area contributed by atoms with Crippen molar-refractivity contribution in [2.75, 3.05) is 45.8 Å². The van der Waals surface area contributed by atoms with Crippen LogP contribution >= 0.6 is 0 Å². The van der Waals surface area contributed by atoms with Gasteiger partial charge in [-0.25, -0.2) is 8.78 Å². The van der Waals surface area contributed by atoms with Gasteiger partial charge in [0.1, 0.15) is 0 Å². The molecule has 136 valence electrons. The van der Waals surface area contributed by atoms with Gasteiger partial charge >= 0.3 is 0 Å². The van der Waals surface area contributed by atoms with Gasteiger partial charge in [0.05, 0.1) is 6.54 Å². The molecule has 1 unspecified atom stereocenters. The van der Waals surface area contributed by atoms with E-state index in [-0.39, 0.29) is 17.6 Å². The van der Waals surface area contributed by atoms with E-state index in [0.717, 1.165) is 32.7 Å². The summed E-state index contributed by atoms with van der Waals surface area (Å²) >= 11 is 0. The van der Waals surface area contributed by atoms with Crippen LogP contribution in [0, 0.1) is 5.92 Å². The smallest absolute Gasteiger partial charge is 0.264 e. The summed E-state index contributed by atoms with van der Waals surface area (Å²) in [5.41, 5.74) is 0.000804. The largest absolute Gasteiger partial charge is 0.300 e. The average Bonchev–Trinajstić information content (AvgIpc) is 2.39. The first kappa shape index (κ1) is 19.1. The van der Waals surface area contributed by atoms with Crippen molar-refractivity contribution in [2.24, 2.45) is 5.92 Å². The van der Waals surface area contributed by atoms with Crippen molar-refractivity contribution >= 4 is 0 Å². The molecule has 2 saturated heterocycles. The predicted molar refractivity (Wildman–Crippen MR) is 92.1 cm³/mol. The van der Waals surface area contributed by atoms with Gasteiger partial charge < -0.3 is 4.90 Å². The van der Waals surface area contributed by atoms with Crippen LogP contribution in [0.25, 0.3) is 0 Å². The van der Waals surface area contributed by atoms with Crippen LogP contribution in [0.4, 0.5) is 8.78 Å². The molecule has 0 bridgehead atoms. The van der Waals surface area contributed by atoms with E-state index in [1.807, 2.05) is 25.7 Å². The van der Waals surface area contributed by atoms with E-state index >= 15 is 0 Å². The maximum atomic E-state index is 14.6. The average molecular weight is 331 g/mol. The van der Waals surface area contributed by atoms with Crippen molar-refractivity contribution in [3.63, 3.8) is 0 Å². The third-order valence-electron chi connectivity index (χ3n) is 5.49. The van der Waals surface area contributed by atoms with Crippen molar-refractivity contribution in [3.05, 3.63) is 0 Å². The first-order valence-corrected chi connectivity index (χ1v) is 9.00. The first-order valence-electron chi connectivity index (χ1n) is 9.00. The molecule has 0 radical (unpaired) electrons. The Kier molecular flexibility index (Phi) is 5.44. The highest BCUT2D eigenvalue weighted by Gasteiger charge is 2.47. The zero-order chi connectivity index (χ0) is 17.5. The van der Waals surface area contributed by atoms with Gasteiger partial charge in [0.2, 0.25) is 0 Å². The fourth-order valence-electron chi connectivity index (χ4n) is 3.70. The number of halogens is 2. The molecule has 2 rings (SSSR count). The molecule has 0 N–H and O–H groups in total. The Morgan fingerprint density at radius 3 is 1.78 bits per heavy atom. The molecule has 0 aromatic rings. The lowest BCUT2D eigenvalue weighted by atomic mass is 9.89. The van der Waals surface area contributed by atoms with Gasteiger partial charge in [-0.2, -0.15) is 0 Å². The number of hydrogen-bond donors (Lipinski definition) is 0. The monoisotopic (exact) mass is 331 g/mol. The molecule has 0 spiro atoms. The van der Waals surface area contributed by atoms with Crippen molar-refractivity contribution in [1.82, 2.24) is 14.7 Å². The molecule has 0 aromatic heterocycles. The van der Waals surface area contributed by atoms with Gasteiger partial charge in [-0.15, -0.1) is 0 Å². The third-order valence-corrected chi connectivity index (χ3v) is 5.49. The van der Waals surface area contributed by atoms with E-state index < -0.39 is 11.8 Å². The quantitative estimate of drug-likeness (QED) is 0.769. The normalized spacial score (nSPS) is 29.0. The summed E-state index contributed by atoms with van der Waals surface area (Å²) in [5, 5.41) is 0. The third kappa shape index (κ3) is 4.86. The van der Waals surface area contributed by atoms with E-state index in [0.29, 0.717) is 13.0 Å². The van der Waals surface area contributed by atoms with Gasteiger partial charge in [0.15, 0.2) is 0 Å². The van der Waals surface area contributed by atoms with E-state index in [1.54, 1.807) is 0 Å². The molecule has 2 aliphatic rings. The minimum atomic E-state index is -2.58. The lowest BCUT2D eigenvalue weighted by molar-refractivity contribution is -0.136. The fourth-order valence-corrected chi connectivity index (χ4v) is 3.70. The Labute approximate surface area is 141 Å². The Morgan fingerprint density at radius 1 is 0.826 bits per heavy atom. The maximum absolute atomic E-state index is 14.6. The Balaban J connectivity index is 1.87. The molecule has 0 aromatic carbocycles. The highest BCUT2D eigenvalue weighted by Crippen LogP contribution is 2.36. The molecule has 2 aliphatic heterocycles. The number of hydrogen-bond acceptors (Lipinski definition) is 3. The van der Waals surface area contributed by atoms with Crippen LogP contribution in [0.2, 0.25) is 0 Å². The summed E-state index contributed by atoms with van der Waals surface area (Å²) in [5.74, 6) is -3.07. The molecule has 3 nitrogen and oxygen atoms in total. The second-order valence-corrected chi connectivity index (χ2v) is 9.30. The van der Waals surface area contributed by atoms with Crippen LogP contribution in [0.15, 0.2) is 0 Å². The van der Waals surface area contributed by atoms with Crippen LogP contribution < -0.4 is 0 Å². The minimum Gasteiger partial charge on any atom is -0.300 e. The van der Waals surface area contributed by atoms with Crippen LogP contribution in [-0.2, 0) is 0 Å². The van der Waals surface area contributed by atoms with Crippen molar-refractivity contribution < 1.29 is 8.78 Å². The molecule has 2 heterocycles. The Bertz CT molecular complexity index is 390. The van der Waals surface area contributed by atoms with Crippen LogP contribution in [0.3, 0.4) is 0 Å². The van der Waals surface area contributed by atoms with Crippen molar-refractivity contribution in [1.29, 1.82) is 0 Å². The number of piperazine rings is 1. The van der Waals surface area contributed by atoms with Gasteiger partial charge in [-0.05, 0) is 54.5 Å².